The van der Waals surface area contributed by atoms with Gasteiger partial charge in [0.15, 0.2) is 0 Å². The standard InChI is InChI=1S/C22H18N4O2S2/c23-12-15-3-1-4-16(11-15)28-21-20-17(18-5-2-10-29-18)14-30-22(20)25-19(24-21)13-26-6-8-27-9-7-26/h1-5,10-11,14H,6-9,13H2. The van der Waals surface area contributed by atoms with Gasteiger partial charge in [-0.2, -0.15) is 10.2 Å². The molecule has 1 saturated heterocycles. The number of nitriles is 1. The van der Waals surface area contributed by atoms with E-state index in [1.165, 1.54) is 0 Å². The zero-order chi connectivity index (χ0) is 20.3. The van der Waals surface area contributed by atoms with Crippen molar-refractivity contribution in [3.05, 3.63) is 58.5 Å². The summed E-state index contributed by atoms with van der Waals surface area (Å²) >= 11 is 3.28. The van der Waals surface area contributed by atoms with Crippen molar-refractivity contribution in [1.29, 1.82) is 5.26 Å². The average molecular weight is 435 g/mol. The lowest BCUT2D eigenvalue weighted by Gasteiger charge is -2.25. The quantitative estimate of drug-likeness (QED) is 0.444. The number of morpholine rings is 1. The molecule has 0 amide bonds. The molecule has 8 heteroatoms. The van der Waals surface area contributed by atoms with Gasteiger partial charge in [-0.1, -0.05) is 12.1 Å². The smallest absolute Gasteiger partial charge is 0.232 e. The van der Waals surface area contributed by atoms with Crippen LogP contribution >= 0.6 is 22.7 Å². The predicted octanol–water partition coefficient (Wildman–Crippen LogP) is 4.92. The van der Waals surface area contributed by atoms with Crippen molar-refractivity contribution in [1.82, 2.24) is 14.9 Å². The lowest BCUT2D eigenvalue weighted by atomic mass is 10.2. The number of fused-ring (bicyclic) bond motifs is 1. The molecular formula is C22H18N4O2S2. The van der Waals surface area contributed by atoms with Crippen LogP contribution in [0.4, 0.5) is 0 Å². The summed E-state index contributed by atoms with van der Waals surface area (Å²) in [4.78, 5) is 14.0. The second-order valence-corrected chi connectivity index (χ2v) is 8.69. The summed E-state index contributed by atoms with van der Waals surface area (Å²) in [5, 5.41) is 14.3. The Morgan fingerprint density at radius 3 is 2.83 bits per heavy atom. The Bertz CT molecular complexity index is 1210. The van der Waals surface area contributed by atoms with E-state index in [1.54, 1.807) is 34.8 Å². The van der Waals surface area contributed by atoms with E-state index in [0.717, 1.165) is 52.8 Å². The molecular weight excluding hydrogens is 416 g/mol. The van der Waals surface area contributed by atoms with E-state index in [-0.39, 0.29) is 0 Å². The topological polar surface area (TPSA) is 71.3 Å². The van der Waals surface area contributed by atoms with Gasteiger partial charge >= 0.3 is 0 Å². The van der Waals surface area contributed by atoms with Gasteiger partial charge in [0.2, 0.25) is 5.88 Å². The summed E-state index contributed by atoms with van der Waals surface area (Å²) in [5.74, 6) is 1.85. The van der Waals surface area contributed by atoms with Crippen LogP contribution in [0.25, 0.3) is 20.7 Å². The molecule has 30 heavy (non-hydrogen) atoms. The van der Waals surface area contributed by atoms with E-state index in [2.05, 4.69) is 27.8 Å². The molecule has 3 aromatic heterocycles. The van der Waals surface area contributed by atoms with Gasteiger partial charge in [-0.05, 0) is 29.6 Å². The minimum absolute atomic E-state index is 0.531. The van der Waals surface area contributed by atoms with Crippen molar-refractivity contribution in [2.24, 2.45) is 0 Å². The fourth-order valence-electron chi connectivity index (χ4n) is 3.41. The van der Waals surface area contributed by atoms with Gasteiger partial charge < -0.3 is 9.47 Å². The molecule has 0 radical (unpaired) electrons. The fourth-order valence-corrected chi connectivity index (χ4v) is 5.18. The molecule has 5 rings (SSSR count). The number of rotatable bonds is 5. The predicted molar refractivity (Wildman–Crippen MR) is 118 cm³/mol. The Hall–Kier alpha value is -2.83. The first-order valence-electron chi connectivity index (χ1n) is 9.60. The number of nitrogens with zero attached hydrogens (tertiary/aromatic N) is 4. The Morgan fingerprint density at radius 2 is 2.03 bits per heavy atom. The molecule has 0 saturated carbocycles. The summed E-state index contributed by atoms with van der Waals surface area (Å²) in [7, 11) is 0. The zero-order valence-electron chi connectivity index (χ0n) is 16.1. The molecule has 1 fully saturated rings. The molecule has 1 aliphatic rings. The fraction of sp³-hybridized carbons (Fsp3) is 0.227. The Labute approximate surface area is 182 Å². The monoisotopic (exact) mass is 434 g/mol. The molecule has 0 atom stereocenters. The molecule has 0 N–H and O–H groups in total. The number of benzene rings is 1. The second kappa shape index (κ2) is 8.50. The normalized spacial score (nSPS) is 14.6. The van der Waals surface area contributed by atoms with Crippen LogP contribution in [0.2, 0.25) is 0 Å². The maximum atomic E-state index is 9.22. The summed E-state index contributed by atoms with van der Waals surface area (Å²) < 4.78 is 11.7. The highest BCUT2D eigenvalue weighted by atomic mass is 32.1. The van der Waals surface area contributed by atoms with Crippen molar-refractivity contribution in [3.63, 3.8) is 0 Å². The van der Waals surface area contributed by atoms with Gasteiger partial charge in [0.05, 0.1) is 36.8 Å². The van der Waals surface area contributed by atoms with Gasteiger partial charge in [0, 0.05) is 28.9 Å². The third-order valence-electron chi connectivity index (χ3n) is 4.88. The molecule has 1 aromatic carbocycles. The Balaban J connectivity index is 1.58. The van der Waals surface area contributed by atoms with Crippen LogP contribution in [0.3, 0.4) is 0 Å². The van der Waals surface area contributed by atoms with Gasteiger partial charge in [-0.3, -0.25) is 4.90 Å². The van der Waals surface area contributed by atoms with Crippen molar-refractivity contribution >= 4 is 32.9 Å². The maximum Gasteiger partial charge on any atom is 0.232 e. The van der Waals surface area contributed by atoms with Crippen molar-refractivity contribution < 1.29 is 9.47 Å². The molecule has 0 unspecified atom stereocenters. The lowest BCUT2D eigenvalue weighted by Crippen LogP contribution is -2.36. The number of thiophene rings is 2. The van der Waals surface area contributed by atoms with E-state index in [9.17, 15) is 5.26 Å². The van der Waals surface area contributed by atoms with E-state index in [4.69, 9.17) is 19.4 Å². The van der Waals surface area contributed by atoms with E-state index >= 15 is 0 Å². The van der Waals surface area contributed by atoms with Crippen molar-refractivity contribution in [2.75, 3.05) is 26.3 Å². The molecule has 4 aromatic rings. The van der Waals surface area contributed by atoms with Gasteiger partial charge in [0.1, 0.15) is 16.4 Å². The minimum atomic E-state index is 0.531. The third-order valence-corrected chi connectivity index (χ3v) is 6.66. The molecule has 150 valence electrons. The van der Waals surface area contributed by atoms with Gasteiger partial charge in [0.25, 0.3) is 0 Å². The van der Waals surface area contributed by atoms with E-state index in [0.29, 0.717) is 23.7 Å². The lowest BCUT2D eigenvalue weighted by molar-refractivity contribution is 0.0330. The molecule has 6 nitrogen and oxygen atoms in total. The van der Waals surface area contributed by atoms with E-state index < -0.39 is 0 Å². The van der Waals surface area contributed by atoms with Gasteiger partial charge in [-0.15, -0.1) is 22.7 Å². The molecule has 1 aliphatic heterocycles. The third kappa shape index (κ3) is 3.93. The molecule has 4 heterocycles. The Kier molecular flexibility index (Phi) is 5.43. The Morgan fingerprint density at radius 1 is 1.13 bits per heavy atom. The van der Waals surface area contributed by atoms with Crippen LogP contribution in [0.1, 0.15) is 11.4 Å². The second-order valence-electron chi connectivity index (χ2n) is 6.88. The summed E-state index contributed by atoms with van der Waals surface area (Å²) in [6, 6.07) is 13.4. The SMILES string of the molecule is N#Cc1cccc(Oc2nc(CN3CCOCC3)nc3scc(-c4cccs4)c23)c1. The number of hydrogen-bond acceptors (Lipinski definition) is 8. The van der Waals surface area contributed by atoms with Crippen LogP contribution in [0.5, 0.6) is 11.6 Å². The number of ether oxygens (including phenoxy) is 2. The maximum absolute atomic E-state index is 9.22. The minimum Gasteiger partial charge on any atom is -0.438 e. The largest absolute Gasteiger partial charge is 0.438 e. The first-order valence-corrected chi connectivity index (χ1v) is 11.4. The van der Waals surface area contributed by atoms with Crippen LogP contribution in [0.15, 0.2) is 47.2 Å². The van der Waals surface area contributed by atoms with Crippen LogP contribution in [-0.2, 0) is 11.3 Å². The van der Waals surface area contributed by atoms with E-state index in [1.807, 2.05) is 18.2 Å². The summed E-state index contributed by atoms with van der Waals surface area (Å²) in [6.45, 7) is 3.85. The number of hydrogen-bond donors (Lipinski definition) is 0. The first-order chi connectivity index (χ1) is 14.8. The molecule has 0 spiro atoms. The number of aromatic nitrogens is 2. The van der Waals surface area contributed by atoms with Gasteiger partial charge in [-0.25, -0.2) is 4.98 Å². The molecule has 0 bridgehead atoms. The summed E-state index contributed by atoms with van der Waals surface area (Å²) in [6.07, 6.45) is 0. The highest BCUT2D eigenvalue weighted by Crippen LogP contribution is 2.41. The highest BCUT2D eigenvalue weighted by Gasteiger charge is 2.20. The zero-order valence-corrected chi connectivity index (χ0v) is 17.7. The first kappa shape index (κ1) is 19.2. The van der Waals surface area contributed by atoms with Crippen LogP contribution < -0.4 is 4.74 Å². The molecule has 0 aliphatic carbocycles. The van der Waals surface area contributed by atoms with Crippen molar-refractivity contribution in [3.8, 4) is 28.1 Å². The average Bonchev–Trinajstić information content (AvgIpc) is 3.44. The van der Waals surface area contributed by atoms with Crippen molar-refractivity contribution in [2.45, 2.75) is 6.54 Å². The highest BCUT2D eigenvalue weighted by molar-refractivity contribution is 7.18. The van der Waals surface area contributed by atoms with Crippen LogP contribution in [0, 0.1) is 11.3 Å². The summed E-state index contributed by atoms with van der Waals surface area (Å²) in [5.41, 5.74) is 1.63. The van der Waals surface area contributed by atoms with Crippen LogP contribution in [-0.4, -0.2) is 41.2 Å².